The Kier molecular flexibility index (Phi) is 7.09. The number of hydrogen-bond acceptors (Lipinski definition) is 5. The molecular weight excluding hydrogens is 526 g/mol. The molecule has 1 aliphatic heterocycles. The number of carbonyl (C=O) groups excluding carboxylic acids is 1. The Balaban J connectivity index is 1.36. The van der Waals surface area contributed by atoms with E-state index in [0.717, 1.165) is 32.3 Å². The summed E-state index contributed by atoms with van der Waals surface area (Å²) in [5.41, 5.74) is 4.17. The molecule has 1 unspecified atom stereocenters. The van der Waals surface area contributed by atoms with Crippen LogP contribution >= 0.6 is 15.9 Å². The van der Waals surface area contributed by atoms with Crippen molar-refractivity contribution >= 4 is 28.0 Å². The van der Waals surface area contributed by atoms with Crippen LogP contribution in [0.1, 0.15) is 22.6 Å². The van der Waals surface area contributed by atoms with Gasteiger partial charge >= 0.3 is 12.1 Å². The number of hydrogen-bond donors (Lipinski definition) is 1. The standard InChI is InChI=1S/C28H26BrNO6/c29-20-7-5-6-19(14-20)28(36-16-26(31)32)17-30(12-13-34-18-28)27(33)35-15-25-23-10-3-1-8-21(23)22-9-2-4-11-24(22)25/h1-11,14,25H,12-13,15-18H2,(H,31,32). The highest BCUT2D eigenvalue weighted by atomic mass is 79.9. The predicted molar refractivity (Wildman–Crippen MR) is 137 cm³/mol. The van der Waals surface area contributed by atoms with Crippen LogP contribution in [0.5, 0.6) is 0 Å². The highest BCUT2D eigenvalue weighted by Crippen LogP contribution is 2.44. The number of amides is 1. The van der Waals surface area contributed by atoms with Gasteiger partial charge in [0.25, 0.3) is 0 Å². The van der Waals surface area contributed by atoms with Crippen LogP contribution in [-0.2, 0) is 24.6 Å². The van der Waals surface area contributed by atoms with Gasteiger partial charge in [-0.3, -0.25) is 0 Å². The maximum atomic E-state index is 13.3. The summed E-state index contributed by atoms with van der Waals surface area (Å²) in [6.45, 7) is 0.495. The molecule has 3 aromatic rings. The monoisotopic (exact) mass is 551 g/mol. The maximum Gasteiger partial charge on any atom is 0.409 e. The van der Waals surface area contributed by atoms with Crippen LogP contribution in [0.25, 0.3) is 11.1 Å². The van der Waals surface area contributed by atoms with Crippen molar-refractivity contribution in [1.82, 2.24) is 4.90 Å². The van der Waals surface area contributed by atoms with E-state index in [0.29, 0.717) is 6.54 Å². The highest BCUT2D eigenvalue weighted by Gasteiger charge is 2.41. The summed E-state index contributed by atoms with van der Waals surface area (Å²) < 4.78 is 18.4. The van der Waals surface area contributed by atoms with Gasteiger partial charge in [-0.2, -0.15) is 0 Å². The summed E-state index contributed by atoms with van der Waals surface area (Å²) in [7, 11) is 0. The fourth-order valence-corrected chi connectivity index (χ4v) is 5.40. The summed E-state index contributed by atoms with van der Waals surface area (Å²) in [6, 6.07) is 23.8. The molecule has 7 nitrogen and oxygen atoms in total. The van der Waals surface area contributed by atoms with Crippen molar-refractivity contribution in [3.8, 4) is 11.1 Å². The van der Waals surface area contributed by atoms with Crippen LogP contribution in [0.15, 0.2) is 77.3 Å². The zero-order valence-corrected chi connectivity index (χ0v) is 21.1. The van der Waals surface area contributed by atoms with Crippen molar-refractivity contribution in [2.75, 3.05) is 39.5 Å². The number of fused-ring (bicyclic) bond motifs is 3. The van der Waals surface area contributed by atoms with E-state index in [-0.39, 0.29) is 32.3 Å². The molecule has 5 rings (SSSR count). The van der Waals surface area contributed by atoms with E-state index in [1.807, 2.05) is 48.5 Å². The molecule has 0 radical (unpaired) electrons. The number of aliphatic carboxylic acids is 1. The molecule has 1 amide bonds. The SMILES string of the molecule is O=C(O)COC1(c2cccc(Br)c2)COCCN(C(=O)OCC2c3ccccc3-c3ccccc32)C1. The van der Waals surface area contributed by atoms with Gasteiger partial charge in [-0.1, -0.05) is 76.6 Å². The number of halogens is 1. The van der Waals surface area contributed by atoms with E-state index < -0.39 is 24.3 Å². The Morgan fingerprint density at radius 3 is 2.39 bits per heavy atom. The topological polar surface area (TPSA) is 85.3 Å². The van der Waals surface area contributed by atoms with Crippen molar-refractivity contribution in [3.05, 3.63) is 94.0 Å². The summed E-state index contributed by atoms with van der Waals surface area (Å²) in [4.78, 5) is 26.2. The lowest BCUT2D eigenvalue weighted by molar-refractivity contribution is -0.155. The quantitative estimate of drug-likeness (QED) is 0.462. The maximum absolute atomic E-state index is 13.3. The van der Waals surface area contributed by atoms with E-state index in [1.165, 1.54) is 0 Å². The van der Waals surface area contributed by atoms with Crippen LogP contribution in [-0.4, -0.2) is 61.6 Å². The van der Waals surface area contributed by atoms with Crippen molar-refractivity contribution in [2.45, 2.75) is 11.5 Å². The molecule has 0 aromatic heterocycles. The summed E-state index contributed by atoms with van der Waals surface area (Å²) in [6.07, 6.45) is -0.486. The fraction of sp³-hybridized carbons (Fsp3) is 0.286. The van der Waals surface area contributed by atoms with E-state index in [4.69, 9.17) is 14.2 Å². The molecule has 1 aliphatic carbocycles. The van der Waals surface area contributed by atoms with Gasteiger partial charge in [0, 0.05) is 16.9 Å². The molecule has 3 aromatic carbocycles. The number of carbonyl (C=O) groups is 2. The lowest BCUT2D eigenvalue weighted by atomic mass is 9.93. The second-order valence-corrected chi connectivity index (χ2v) is 9.88. The molecule has 0 spiro atoms. The molecule has 8 heteroatoms. The number of carboxylic acids is 1. The molecule has 36 heavy (non-hydrogen) atoms. The van der Waals surface area contributed by atoms with E-state index in [9.17, 15) is 14.7 Å². The Hall–Kier alpha value is -3.20. The molecule has 1 heterocycles. The van der Waals surface area contributed by atoms with Crippen molar-refractivity contribution < 1.29 is 28.9 Å². The average molecular weight is 552 g/mol. The summed E-state index contributed by atoms with van der Waals surface area (Å²) in [5.74, 6) is -1.15. The molecular formula is C28H26BrNO6. The Bertz CT molecular complexity index is 1230. The van der Waals surface area contributed by atoms with Crippen LogP contribution in [0.2, 0.25) is 0 Å². The third kappa shape index (κ3) is 4.89. The molecule has 186 valence electrons. The first kappa shape index (κ1) is 24.5. The summed E-state index contributed by atoms with van der Waals surface area (Å²) in [5, 5.41) is 9.29. The molecule has 1 fully saturated rings. The van der Waals surface area contributed by atoms with Gasteiger partial charge in [0.15, 0.2) is 0 Å². The minimum absolute atomic E-state index is 0.0531. The van der Waals surface area contributed by atoms with E-state index in [2.05, 4.69) is 40.2 Å². The van der Waals surface area contributed by atoms with Crippen LogP contribution < -0.4 is 0 Å². The van der Waals surface area contributed by atoms with Gasteiger partial charge in [-0.15, -0.1) is 0 Å². The van der Waals surface area contributed by atoms with E-state index in [1.54, 1.807) is 4.90 Å². The first-order chi connectivity index (χ1) is 17.5. The fourth-order valence-electron chi connectivity index (χ4n) is 5.00. The first-order valence-electron chi connectivity index (χ1n) is 11.8. The second kappa shape index (κ2) is 10.4. The lowest BCUT2D eigenvalue weighted by Gasteiger charge is -2.35. The second-order valence-electron chi connectivity index (χ2n) is 8.97. The van der Waals surface area contributed by atoms with Gasteiger partial charge in [-0.05, 0) is 39.9 Å². The third-order valence-electron chi connectivity index (χ3n) is 6.70. The van der Waals surface area contributed by atoms with Crippen molar-refractivity contribution in [1.29, 1.82) is 0 Å². The number of carboxylic acid groups (broad SMARTS) is 1. The molecule has 1 saturated heterocycles. The molecule has 1 atom stereocenters. The minimum Gasteiger partial charge on any atom is -0.480 e. The molecule has 2 aliphatic rings. The molecule has 1 N–H and O–H groups in total. The third-order valence-corrected chi connectivity index (χ3v) is 7.20. The Labute approximate surface area is 217 Å². The zero-order chi connectivity index (χ0) is 25.1. The average Bonchev–Trinajstić information content (AvgIpc) is 3.04. The minimum atomic E-state index is -1.15. The number of benzene rings is 3. The predicted octanol–water partition coefficient (Wildman–Crippen LogP) is 5.03. The van der Waals surface area contributed by atoms with Crippen LogP contribution in [0, 0.1) is 0 Å². The zero-order valence-electron chi connectivity index (χ0n) is 19.6. The van der Waals surface area contributed by atoms with Crippen molar-refractivity contribution in [2.24, 2.45) is 0 Å². The molecule has 0 saturated carbocycles. The normalized spacial score (nSPS) is 19.3. The number of nitrogens with zero attached hydrogens (tertiary/aromatic N) is 1. The smallest absolute Gasteiger partial charge is 0.409 e. The van der Waals surface area contributed by atoms with Gasteiger partial charge in [0.1, 0.15) is 18.8 Å². The number of rotatable bonds is 6. The number of ether oxygens (including phenoxy) is 3. The van der Waals surface area contributed by atoms with Crippen LogP contribution in [0.3, 0.4) is 0 Å². The Morgan fingerprint density at radius 2 is 1.72 bits per heavy atom. The summed E-state index contributed by atoms with van der Waals surface area (Å²) >= 11 is 3.47. The van der Waals surface area contributed by atoms with Gasteiger partial charge in [0.05, 0.1) is 19.8 Å². The largest absolute Gasteiger partial charge is 0.480 e. The van der Waals surface area contributed by atoms with Gasteiger partial charge in [-0.25, -0.2) is 9.59 Å². The Morgan fingerprint density at radius 1 is 1.03 bits per heavy atom. The van der Waals surface area contributed by atoms with Gasteiger partial charge < -0.3 is 24.2 Å². The highest BCUT2D eigenvalue weighted by molar-refractivity contribution is 9.10. The van der Waals surface area contributed by atoms with E-state index >= 15 is 0 Å². The van der Waals surface area contributed by atoms with Gasteiger partial charge in [0.2, 0.25) is 0 Å². The lowest BCUT2D eigenvalue weighted by Crippen LogP contribution is -2.47. The van der Waals surface area contributed by atoms with Crippen molar-refractivity contribution in [3.63, 3.8) is 0 Å². The molecule has 0 bridgehead atoms. The first-order valence-corrected chi connectivity index (χ1v) is 12.6. The van der Waals surface area contributed by atoms with Crippen LogP contribution in [0.4, 0.5) is 4.79 Å².